The number of likely N-dealkylation sites (tertiary alicyclic amines) is 1. The number of hydrogen-bond acceptors (Lipinski definition) is 6. The van der Waals surface area contributed by atoms with Crippen molar-refractivity contribution in [2.24, 2.45) is 12.5 Å². The standard InChI is InChI=1S/C32H33ClFN5O3/c1-31(2)18-39(16-19-4-6-20(7-5-19)29-25(33)17-38(3)37-29)13-12-32(31,42)24-9-10-26-23(28(24)34)14-21(15-35-26)22-8-11-27(40)36-30(22)41/h4-7,9-10,14-15,17,22,42H,8,11-13,16,18H2,1-3H3,(H,36,40,41). The summed E-state index contributed by atoms with van der Waals surface area (Å²) < 4.78 is 17.9. The van der Waals surface area contributed by atoms with E-state index in [4.69, 9.17) is 11.6 Å². The topological polar surface area (TPSA) is 100 Å². The molecule has 0 aliphatic carbocycles. The van der Waals surface area contributed by atoms with Gasteiger partial charge in [-0.25, -0.2) is 4.39 Å². The van der Waals surface area contributed by atoms with Crippen molar-refractivity contribution in [3.8, 4) is 11.3 Å². The molecular weight excluding hydrogens is 557 g/mol. The second kappa shape index (κ2) is 10.6. The van der Waals surface area contributed by atoms with Crippen molar-refractivity contribution in [1.82, 2.24) is 25.0 Å². The van der Waals surface area contributed by atoms with Gasteiger partial charge in [0.1, 0.15) is 11.5 Å². The normalized spacial score (nSPS) is 22.9. The van der Waals surface area contributed by atoms with Crippen LogP contribution in [0.1, 0.15) is 55.7 Å². The van der Waals surface area contributed by atoms with Gasteiger partial charge in [0, 0.05) is 67.4 Å². The molecule has 8 nitrogen and oxygen atoms in total. The highest BCUT2D eigenvalue weighted by atomic mass is 35.5. The van der Waals surface area contributed by atoms with E-state index in [0.29, 0.717) is 48.6 Å². The number of rotatable bonds is 5. The van der Waals surface area contributed by atoms with E-state index in [1.165, 1.54) is 0 Å². The van der Waals surface area contributed by atoms with Crippen molar-refractivity contribution in [3.05, 3.63) is 82.4 Å². The fourth-order valence-electron chi connectivity index (χ4n) is 6.44. The molecule has 10 heteroatoms. The largest absolute Gasteiger partial charge is 0.384 e. The summed E-state index contributed by atoms with van der Waals surface area (Å²) in [5.74, 6) is -1.80. The zero-order valence-electron chi connectivity index (χ0n) is 23.8. The smallest absolute Gasteiger partial charge is 0.234 e. The Morgan fingerprint density at radius 2 is 1.93 bits per heavy atom. The first-order chi connectivity index (χ1) is 19.9. The van der Waals surface area contributed by atoms with Gasteiger partial charge in [-0.05, 0) is 36.1 Å². The number of aromatic nitrogens is 3. The molecule has 4 heterocycles. The number of nitrogens with one attached hydrogen (secondary N) is 1. The summed E-state index contributed by atoms with van der Waals surface area (Å²) >= 11 is 6.31. The van der Waals surface area contributed by atoms with Crippen LogP contribution in [0.2, 0.25) is 5.02 Å². The van der Waals surface area contributed by atoms with E-state index < -0.39 is 28.7 Å². The minimum absolute atomic E-state index is 0.226. The highest BCUT2D eigenvalue weighted by molar-refractivity contribution is 6.33. The Morgan fingerprint density at radius 1 is 1.17 bits per heavy atom. The molecule has 42 heavy (non-hydrogen) atoms. The number of aliphatic hydroxyl groups is 1. The molecule has 218 valence electrons. The Kier molecular flexibility index (Phi) is 7.15. The molecule has 2 aliphatic rings. The number of halogens is 2. The first-order valence-electron chi connectivity index (χ1n) is 14.1. The average molecular weight is 590 g/mol. The van der Waals surface area contributed by atoms with E-state index in [9.17, 15) is 14.7 Å². The Morgan fingerprint density at radius 3 is 2.60 bits per heavy atom. The second-order valence-corrected chi connectivity index (χ2v) is 12.6. The zero-order chi connectivity index (χ0) is 29.8. The predicted octanol–water partition coefficient (Wildman–Crippen LogP) is 5.07. The summed E-state index contributed by atoms with van der Waals surface area (Å²) in [5.41, 5.74) is 1.96. The summed E-state index contributed by atoms with van der Waals surface area (Å²) in [6.07, 6.45) is 4.27. The summed E-state index contributed by atoms with van der Waals surface area (Å²) in [5, 5.41) is 19.7. The van der Waals surface area contributed by atoms with Gasteiger partial charge in [-0.1, -0.05) is 55.8 Å². The molecule has 2 aromatic carbocycles. The zero-order valence-corrected chi connectivity index (χ0v) is 24.6. The third-order valence-corrected chi connectivity index (χ3v) is 9.13. The predicted molar refractivity (Wildman–Crippen MR) is 158 cm³/mol. The van der Waals surface area contributed by atoms with Crippen LogP contribution < -0.4 is 5.32 Å². The lowest BCUT2D eigenvalue weighted by molar-refractivity contribution is -0.134. The number of hydrogen-bond donors (Lipinski definition) is 2. The number of piperidine rings is 2. The van der Waals surface area contributed by atoms with Gasteiger partial charge < -0.3 is 5.11 Å². The third kappa shape index (κ3) is 4.99. The molecule has 0 bridgehead atoms. The van der Waals surface area contributed by atoms with E-state index in [0.717, 1.165) is 16.8 Å². The lowest BCUT2D eigenvalue weighted by Gasteiger charge is -2.50. The Bertz CT molecular complexity index is 1700. The lowest BCUT2D eigenvalue weighted by atomic mass is 9.66. The fraction of sp³-hybridized carbons (Fsp3) is 0.375. The van der Waals surface area contributed by atoms with Crippen LogP contribution in [0.3, 0.4) is 0 Å². The highest BCUT2D eigenvalue weighted by Gasteiger charge is 2.50. The average Bonchev–Trinajstić information content (AvgIpc) is 3.29. The van der Waals surface area contributed by atoms with Crippen molar-refractivity contribution in [2.75, 3.05) is 13.1 Å². The van der Waals surface area contributed by atoms with Gasteiger partial charge in [0.2, 0.25) is 11.8 Å². The molecule has 2 aliphatic heterocycles. The minimum Gasteiger partial charge on any atom is -0.384 e. The van der Waals surface area contributed by atoms with Crippen LogP contribution >= 0.6 is 11.6 Å². The van der Waals surface area contributed by atoms with Crippen LogP contribution in [-0.4, -0.2) is 49.7 Å². The SMILES string of the molecule is Cn1cc(Cl)c(-c2ccc(CN3CCC(O)(c4ccc5ncc(C6CCC(=O)NC6=O)cc5c4F)C(C)(C)C3)cc2)n1. The quantitative estimate of drug-likeness (QED) is 0.315. The lowest BCUT2D eigenvalue weighted by Crippen LogP contribution is -2.55. The number of carbonyl (C=O) groups is 2. The van der Waals surface area contributed by atoms with E-state index >= 15 is 4.39 Å². The van der Waals surface area contributed by atoms with Crippen LogP contribution in [0, 0.1) is 11.2 Å². The highest BCUT2D eigenvalue weighted by Crippen LogP contribution is 2.48. The molecule has 2 N–H and O–H groups in total. The van der Waals surface area contributed by atoms with Crippen molar-refractivity contribution in [2.45, 2.75) is 51.2 Å². The number of amides is 2. The monoisotopic (exact) mass is 589 g/mol. The molecule has 0 radical (unpaired) electrons. The molecule has 2 atom stereocenters. The van der Waals surface area contributed by atoms with E-state index in [2.05, 4.69) is 32.4 Å². The van der Waals surface area contributed by atoms with Crippen LogP contribution in [0.25, 0.3) is 22.2 Å². The van der Waals surface area contributed by atoms with Crippen LogP contribution in [-0.2, 0) is 28.8 Å². The Labute approximate surface area is 248 Å². The molecule has 2 fully saturated rings. The van der Waals surface area contributed by atoms with E-state index in [1.807, 2.05) is 33.0 Å². The number of fused-ring (bicyclic) bond motifs is 1. The first-order valence-corrected chi connectivity index (χ1v) is 14.5. The van der Waals surface area contributed by atoms with Crippen molar-refractivity contribution < 1.29 is 19.1 Å². The van der Waals surface area contributed by atoms with Crippen LogP contribution in [0.15, 0.2) is 54.9 Å². The van der Waals surface area contributed by atoms with Gasteiger partial charge >= 0.3 is 0 Å². The number of carbonyl (C=O) groups excluding carboxylic acids is 2. The molecule has 2 unspecified atom stereocenters. The summed E-state index contributed by atoms with van der Waals surface area (Å²) in [7, 11) is 1.84. The molecule has 6 rings (SSSR count). The maximum Gasteiger partial charge on any atom is 0.234 e. The molecule has 4 aromatic rings. The molecule has 2 amide bonds. The number of imide groups is 1. The van der Waals surface area contributed by atoms with Crippen molar-refractivity contribution in [1.29, 1.82) is 0 Å². The second-order valence-electron chi connectivity index (χ2n) is 12.2. The van der Waals surface area contributed by atoms with Crippen LogP contribution in [0.4, 0.5) is 4.39 Å². The molecule has 2 saturated heterocycles. The van der Waals surface area contributed by atoms with E-state index in [1.54, 1.807) is 35.3 Å². The minimum atomic E-state index is -1.41. The first kappa shape index (κ1) is 28.5. The third-order valence-electron chi connectivity index (χ3n) is 8.85. The molecule has 2 aromatic heterocycles. The van der Waals surface area contributed by atoms with Gasteiger partial charge in [0.15, 0.2) is 0 Å². The number of pyridine rings is 1. The van der Waals surface area contributed by atoms with Crippen LogP contribution in [0.5, 0.6) is 0 Å². The fourth-order valence-corrected chi connectivity index (χ4v) is 6.73. The van der Waals surface area contributed by atoms with Crippen molar-refractivity contribution >= 4 is 34.3 Å². The Hall–Kier alpha value is -3.66. The maximum absolute atomic E-state index is 16.2. The number of nitrogens with zero attached hydrogens (tertiary/aromatic N) is 4. The Balaban J connectivity index is 1.22. The summed E-state index contributed by atoms with van der Waals surface area (Å²) in [6.45, 7) is 5.76. The van der Waals surface area contributed by atoms with Gasteiger partial charge in [0.05, 0.1) is 22.1 Å². The molecular formula is C32H33ClFN5O3. The van der Waals surface area contributed by atoms with Gasteiger partial charge in [-0.15, -0.1) is 0 Å². The van der Waals surface area contributed by atoms with Gasteiger partial charge in [-0.3, -0.25) is 29.5 Å². The summed E-state index contributed by atoms with van der Waals surface area (Å²) in [4.78, 5) is 30.7. The molecule has 0 spiro atoms. The van der Waals surface area contributed by atoms with Gasteiger partial charge in [-0.2, -0.15) is 5.10 Å². The number of benzene rings is 2. The van der Waals surface area contributed by atoms with Gasteiger partial charge in [0.25, 0.3) is 0 Å². The summed E-state index contributed by atoms with van der Waals surface area (Å²) in [6, 6.07) is 13.1. The van der Waals surface area contributed by atoms with Crippen molar-refractivity contribution in [3.63, 3.8) is 0 Å². The van der Waals surface area contributed by atoms with E-state index in [-0.39, 0.29) is 23.3 Å². The maximum atomic E-state index is 16.2. The molecule has 0 saturated carbocycles. The number of aryl methyl sites for hydroxylation is 1.